The van der Waals surface area contributed by atoms with Crippen LogP contribution in [0, 0.1) is 6.92 Å². The molecule has 0 saturated heterocycles. The third-order valence-electron chi connectivity index (χ3n) is 6.37. The number of pyridine rings is 1. The summed E-state index contributed by atoms with van der Waals surface area (Å²) in [6, 6.07) is 26.9. The molecule has 267 valence electrons. The van der Waals surface area contributed by atoms with Crippen molar-refractivity contribution in [1.82, 2.24) is 24.6 Å². The van der Waals surface area contributed by atoms with Gasteiger partial charge in [-0.3, -0.25) is 4.98 Å². The number of hydrogen-bond donors (Lipinski definition) is 0. The Labute approximate surface area is 288 Å². The van der Waals surface area contributed by atoms with E-state index >= 15 is 0 Å². The van der Waals surface area contributed by atoms with Gasteiger partial charge in [-0.15, -0.1) is 0 Å². The fourth-order valence-electron chi connectivity index (χ4n) is 4.71. The van der Waals surface area contributed by atoms with Crippen molar-refractivity contribution in [1.29, 1.82) is 0 Å². The summed E-state index contributed by atoms with van der Waals surface area (Å²) in [6.07, 6.45) is 0. The van der Waals surface area contributed by atoms with Gasteiger partial charge >= 0.3 is 33.0 Å². The third kappa shape index (κ3) is 11.9. The molecule has 16 heteroatoms. The van der Waals surface area contributed by atoms with Gasteiger partial charge in [0.05, 0.1) is 34.0 Å². The molecule has 0 saturated carbocycles. The normalized spacial score (nSPS) is 12.2. The number of anilines is 3. The maximum atomic E-state index is 9.87. The van der Waals surface area contributed by atoms with Gasteiger partial charge in [-0.05, 0) is 43.3 Å². The van der Waals surface area contributed by atoms with Crippen LogP contribution in [0.15, 0.2) is 88.8 Å². The second-order valence-corrected chi connectivity index (χ2v) is 13.4. The van der Waals surface area contributed by atoms with E-state index in [0.717, 1.165) is 57.0 Å². The van der Waals surface area contributed by atoms with Crippen LogP contribution < -0.4 is 4.90 Å². The fraction of sp³-hybridized carbons (Fsp3) is 0.281. The molecule has 0 spiro atoms. The van der Waals surface area contributed by atoms with Crippen LogP contribution in [0.1, 0.15) is 5.69 Å². The summed E-state index contributed by atoms with van der Waals surface area (Å²) in [6.45, 7) is 2.03. The molecular formula is C32H40CuF6N8P-. The number of guanidine groups is 2. The monoisotopic (exact) mass is 744 g/mol. The maximum Gasteiger partial charge on any atom is 0 e. The first-order valence-corrected chi connectivity index (χ1v) is 16.3. The summed E-state index contributed by atoms with van der Waals surface area (Å²) in [5, 5.41) is 1.07. The van der Waals surface area contributed by atoms with E-state index in [9.17, 15) is 25.2 Å². The quantitative estimate of drug-likeness (QED) is 0.0668. The van der Waals surface area contributed by atoms with E-state index in [2.05, 4.69) is 53.4 Å². The zero-order valence-corrected chi connectivity index (χ0v) is 29.9. The van der Waals surface area contributed by atoms with Crippen LogP contribution >= 0.6 is 7.81 Å². The summed E-state index contributed by atoms with van der Waals surface area (Å²) >= 11 is 0. The van der Waals surface area contributed by atoms with Crippen molar-refractivity contribution in [2.24, 2.45) is 9.98 Å². The van der Waals surface area contributed by atoms with Gasteiger partial charge in [-0.1, -0.05) is 42.5 Å². The first-order chi connectivity index (χ1) is 21.5. The molecule has 1 aromatic heterocycles. The van der Waals surface area contributed by atoms with E-state index in [4.69, 9.17) is 15.0 Å². The molecule has 0 aliphatic heterocycles. The SMILES string of the molecule is Cc1ccc2cccc(N(c3ccccc3N=C(N(C)C)N(C)C)c3ccccc3N=C(N(C)C)N(C)C)c2n1.F[P-](F)(F)(F)(F)F.[Cu]. The van der Waals surface area contributed by atoms with E-state index in [-0.39, 0.29) is 17.1 Å². The Hall–Kier alpha value is -4.06. The largest absolute Gasteiger partial charge is 0 e. The first kappa shape index (κ1) is 40.1. The predicted molar refractivity (Wildman–Crippen MR) is 184 cm³/mol. The standard InChI is InChI=1S/C32H40N8.Cu.F6P/c1-23-21-22-24-15-14-20-29(30(24)33-23)40(27-18-12-10-16-25(27)34-31(36(2)3)37(4)5)28-19-13-11-17-26(28)35-32(38(6)7)39(8)9;;1-7(2,3,4,5)6/h10-22H,1-9H3;;/q;;-1. The van der Waals surface area contributed by atoms with Crippen LogP contribution in [0.5, 0.6) is 0 Å². The number of aromatic nitrogens is 1. The van der Waals surface area contributed by atoms with Crippen molar-refractivity contribution in [3.63, 3.8) is 0 Å². The molecule has 0 bridgehead atoms. The summed E-state index contributed by atoms with van der Waals surface area (Å²) < 4.78 is 59.2. The smallest absolute Gasteiger partial charge is 0 e. The number of aryl methyl sites for hydroxylation is 1. The molecule has 0 N–H and O–H groups in total. The van der Waals surface area contributed by atoms with Gasteiger partial charge in [0.2, 0.25) is 11.9 Å². The van der Waals surface area contributed by atoms with Crippen LogP contribution in [-0.4, -0.2) is 92.9 Å². The molecule has 3 aromatic carbocycles. The molecule has 0 amide bonds. The predicted octanol–water partition coefficient (Wildman–Crippen LogP) is 9.61. The molecule has 0 fully saturated rings. The minimum Gasteiger partial charge on any atom is 0 e. The second kappa shape index (κ2) is 14.6. The second-order valence-electron chi connectivity index (χ2n) is 11.5. The Balaban J connectivity index is 0.000000902. The topological polar surface area (TPSA) is 53.8 Å². The van der Waals surface area contributed by atoms with E-state index < -0.39 is 7.81 Å². The van der Waals surface area contributed by atoms with Crippen LogP contribution in [-0.2, 0) is 17.1 Å². The van der Waals surface area contributed by atoms with Crippen LogP contribution in [0.3, 0.4) is 0 Å². The third-order valence-corrected chi connectivity index (χ3v) is 6.37. The molecular weight excluding hydrogens is 705 g/mol. The molecule has 0 unspecified atom stereocenters. The molecule has 1 heterocycles. The van der Waals surface area contributed by atoms with Crippen molar-refractivity contribution >= 4 is 59.1 Å². The summed E-state index contributed by atoms with van der Waals surface area (Å²) in [4.78, 5) is 25.6. The fourth-order valence-corrected chi connectivity index (χ4v) is 4.71. The Kier molecular flexibility index (Phi) is 12.2. The van der Waals surface area contributed by atoms with Gasteiger partial charge < -0.3 is 24.5 Å². The molecule has 4 aromatic rings. The molecule has 48 heavy (non-hydrogen) atoms. The Morgan fingerprint density at radius 1 is 0.542 bits per heavy atom. The first-order valence-electron chi connectivity index (χ1n) is 14.3. The average molecular weight is 745 g/mol. The molecule has 4 rings (SSSR count). The molecule has 1 radical (unpaired) electrons. The van der Waals surface area contributed by atoms with Gasteiger partial charge in [-0.2, -0.15) is 0 Å². The van der Waals surface area contributed by atoms with E-state index in [1.807, 2.05) is 113 Å². The number of hydrogen-bond acceptors (Lipinski definition) is 4. The molecule has 8 nitrogen and oxygen atoms in total. The number of nitrogens with zero attached hydrogens (tertiary/aromatic N) is 8. The summed E-state index contributed by atoms with van der Waals surface area (Å²) in [7, 11) is 5.38. The van der Waals surface area contributed by atoms with Gasteiger partial charge in [0.1, 0.15) is 0 Å². The zero-order chi connectivity index (χ0) is 35.4. The zero-order valence-electron chi connectivity index (χ0n) is 28.1. The van der Waals surface area contributed by atoms with Crippen LogP contribution in [0.25, 0.3) is 10.9 Å². The van der Waals surface area contributed by atoms with E-state index in [0.29, 0.717) is 0 Å². The Morgan fingerprint density at radius 3 is 1.31 bits per heavy atom. The number of fused-ring (bicyclic) bond motifs is 1. The minimum atomic E-state index is -10.7. The van der Waals surface area contributed by atoms with Gasteiger partial charge in [0, 0.05) is 84.5 Å². The van der Waals surface area contributed by atoms with Crippen molar-refractivity contribution in [3.8, 4) is 0 Å². The van der Waals surface area contributed by atoms with Gasteiger partial charge in [0.15, 0.2) is 0 Å². The number of benzene rings is 3. The minimum absolute atomic E-state index is 0. The van der Waals surface area contributed by atoms with Crippen LogP contribution in [0.2, 0.25) is 0 Å². The number of rotatable bonds is 5. The number of aliphatic imine (C=N–C) groups is 2. The van der Waals surface area contributed by atoms with Crippen molar-refractivity contribution in [3.05, 3.63) is 84.6 Å². The Bertz CT molecular complexity index is 1670. The van der Waals surface area contributed by atoms with Gasteiger partial charge in [-0.25, -0.2) is 9.98 Å². The number of halogens is 6. The van der Waals surface area contributed by atoms with Crippen molar-refractivity contribution < 1.29 is 42.3 Å². The maximum absolute atomic E-state index is 10.7. The van der Waals surface area contributed by atoms with E-state index in [1.165, 1.54) is 0 Å². The summed E-state index contributed by atoms with van der Waals surface area (Å²) in [5.41, 5.74) is 6.37. The van der Waals surface area contributed by atoms with Gasteiger partial charge in [0.25, 0.3) is 0 Å². The summed E-state index contributed by atoms with van der Waals surface area (Å²) in [5.74, 6) is 1.68. The molecule has 0 aliphatic carbocycles. The molecule has 0 aliphatic rings. The van der Waals surface area contributed by atoms with Crippen molar-refractivity contribution in [2.45, 2.75) is 6.92 Å². The number of para-hydroxylation sites is 5. The van der Waals surface area contributed by atoms with Crippen molar-refractivity contribution in [2.75, 3.05) is 61.3 Å². The molecule has 0 atom stereocenters. The van der Waals surface area contributed by atoms with E-state index in [1.54, 1.807) is 0 Å². The average Bonchev–Trinajstić information content (AvgIpc) is 2.94. The Morgan fingerprint density at radius 2 is 0.917 bits per heavy atom. The van der Waals surface area contributed by atoms with Crippen LogP contribution in [0.4, 0.5) is 53.6 Å².